The SMILES string of the molecule is CC(C)CC(N)C(=O)NC(CCC(=O)O)C(=O)NC(CC(C)C)C(=O)NC(Cc1ccc(O)cc1)C(=O)O. The molecule has 1 rings (SSSR count). The van der Waals surface area contributed by atoms with E-state index in [1.807, 2.05) is 27.7 Å². The monoisotopic (exact) mass is 536 g/mol. The van der Waals surface area contributed by atoms with Gasteiger partial charge in [0.05, 0.1) is 6.04 Å². The van der Waals surface area contributed by atoms with Crippen LogP contribution in [0.5, 0.6) is 5.75 Å². The minimum Gasteiger partial charge on any atom is -0.508 e. The first-order valence-electron chi connectivity index (χ1n) is 12.6. The lowest BCUT2D eigenvalue weighted by atomic mass is 10.00. The summed E-state index contributed by atoms with van der Waals surface area (Å²) in [5.41, 5.74) is 6.46. The maximum Gasteiger partial charge on any atom is 0.326 e. The molecule has 12 nitrogen and oxygen atoms in total. The second-order valence-electron chi connectivity index (χ2n) is 10.2. The number of benzene rings is 1. The lowest BCUT2D eigenvalue weighted by molar-refractivity contribution is -0.142. The molecule has 1 aromatic carbocycles. The summed E-state index contributed by atoms with van der Waals surface area (Å²) in [6.07, 6.45) is -0.179. The molecule has 4 atom stereocenters. The molecule has 1 aromatic rings. The van der Waals surface area contributed by atoms with Crippen molar-refractivity contribution < 1.29 is 39.3 Å². The number of carbonyl (C=O) groups is 5. The third-order valence-corrected chi connectivity index (χ3v) is 5.67. The van der Waals surface area contributed by atoms with E-state index in [2.05, 4.69) is 16.0 Å². The first-order chi connectivity index (χ1) is 17.7. The summed E-state index contributed by atoms with van der Waals surface area (Å²) in [5, 5.41) is 35.6. The van der Waals surface area contributed by atoms with E-state index in [4.69, 9.17) is 10.8 Å². The second kappa shape index (κ2) is 15.6. The van der Waals surface area contributed by atoms with Gasteiger partial charge >= 0.3 is 11.9 Å². The Labute approximate surface area is 222 Å². The van der Waals surface area contributed by atoms with E-state index in [1.54, 1.807) is 0 Å². The molecule has 0 radical (unpaired) electrons. The van der Waals surface area contributed by atoms with Crippen molar-refractivity contribution in [3.05, 3.63) is 29.8 Å². The van der Waals surface area contributed by atoms with Crippen LogP contribution in [0.25, 0.3) is 0 Å². The molecule has 0 fully saturated rings. The van der Waals surface area contributed by atoms with E-state index in [0.717, 1.165) is 0 Å². The molecule has 12 heteroatoms. The molecule has 0 aromatic heterocycles. The number of hydrogen-bond acceptors (Lipinski definition) is 7. The maximum atomic E-state index is 13.1. The zero-order valence-electron chi connectivity index (χ0n) is 22.3. The predicted molar refractivity (Wildman–Crippen MR) is 139 cm³/mol. The highest BCUT2D eigenvalue weighted by molar-refractivity contribution is 5.94. The minimum atomic E-state index is -1.31. The topological polar surface area (TPSA) is 208 Å². The average molecular weight is 537 g/mol. The van der Waals surface area contributed by atoms with Gasteiger partial charge in [0.15, 0.2) is 0 Å². The van der Waals surface area contributed by atoms with Crippen LogP contribution in [0.15, 0.2) is 24.3 Å². The summed E-state index contributed by atoms with van der Waals surface area (Å²) in [6.45, 7) is 7.38. The first-order valence-corrected chi connectivity index (χ1v) is 12.6. The minimum absolute atomic E-state index is 0.0130. The Morgan fingerprint density at radius 2 is 1.26 bits per heavy atom. The van der Waals surface area contributed by atoms with Gasteiger partial charge in [-0.25, -0.2) is 4.79 Å². The summed E-state index contributed by atoms with van der Waals surface area (Å²) in [5.74, 6) is -4.53. The van der Waals surface area contributed by atoms with Crippen molar-refractivity contribution in [1.82, 2.24) is 16.0 Å². The number of carbonyl (C=O) groups excluding carboxylic acids is 3. The van der Waals surface area contributed by atoms with E-state index in [9.17, 15) is 34.2 Å². The smallest absolute Gasteiger partial charge is 0.326 e. The lowest BCUT2D eigenvalue weighted by Gasteiger charge is -2.26. The Balaban J connectivity index is 3.04. The summed E-state index contributed by atoms with van der Waals surface area (Å²) >= 11 is 0. The van der Waals surface area contributed by atoms with E-state index < -0.39 is 60.2 Å². The fourth-order valence-corrected chi connectivity index (χ4v) is 3.75. The van der Waals surface area contributed by atoms with Gasteiger partial charge in [-0.15, -0.1) is 0 Å². The molecule has 0 bridgehead atoms. The third kappa shape index (κ3) is 12.0. The van der Waals surface area contributed by atoms with Gasteiger partial charge in [0.2, 0.25) is 17.7 Å². The van der Waals surface area contributed by atoms with Crippen LogP contribution in [0.2, 0.25) is 0 Å². The van der Waals surface area contributed by atoms with Gasteiger partial charge in [-0.2, -0.15) is 0 Å². The highest BCUT2D eigenvalue weighted by atomic mass is 16.4. The zero-order chi connectivity index (χ0) is 29.0. The normalized spacial score (nSPS) is 14.3. The van der Waals surface area contributed by atoms with Crippen molar-refractivity contribution in [3.63, 3.8) is 0 Å². The van der Waals surface area contributed by atoms with Gasteiger partial charge in [0.25, 0.3) is 0 Å². The van der Waals surface area contributed by atoms with E-state index in [1.165, 1.54) is 24.3 Å². The summed E-state index contributed by atoms with van der Waals surface area (Å²) < 4.78 is 0. The standard InChI is InChI=1S/C26H40N4O8/c1-14(2)11-18(27)23(34)28-19(9-10-22(32)33)24(35)29-20(12-15(3)4)25(36)30-21(26(37)38)13-16-5-7-17(31)8-6-16/h5-8,14-15,18-21,31H,9-13,27H2,1-4H3,(H,28,34)(H,29,35)(H,30,36)(H,32,33)(H,37,38). The number of hydrogen-bond donors (Lipinski definition) is 7. The molecule has 0 saturated carbocycles. The number of rotatable bonds is 16. The van der Waals surface area contributed by atoms with Gasteiger partial charge in [0.1, 0.15) is 23.9 Å². The first kappa shape index (κ1) is 32.4. The van der Waals surface area contributed by atoms with Crippen LogP contribution < -0.4 is 21.7 Å². The Morgan fingerprint density at radius 3 is 1.76 bits per heavy atom. The van der Waals surface area contributed by atoms with E-state index >= 15 is 0 Å². The van der Waals surface area contributed by atoms with Gasteiger partial charge in [-0.05, 0) is 48.8 Å². The van der Waals surface area contributed by atoms with Gasteiger partial charge in [-0.3, -0.25) is 19.2 Å². The lowest BCUT2D eigenvalue weighted by Crippen LogP contribution is -2.57. The molecule has 0 aliphatic carbocycles. The summed E-state index contributed by atoms with van der Waals surface area (Å²) in [6, 6.07) is 1.25. The quantitative estimate of drug-likeness (QED) is 0.159. The number of phenols is 1. The van der Waals surface area contributed by atoms with Crippen molar-refractivity contribution in [1.29, 1.82) is 0 Å². The van der Waals surface area contributed by atoms with E-state index in [0.29, 0.717) is 12.0 Å². The van der Waals surface area contributed by atoms with Crippen LogP contribution in [-0.4, -0.2) is 69.1 Å². The molecular weight excluding hydrogens is 496 g/mol. The highest BCUT2D eigenvalue weighted by Gasteiger charge is 2.31. The van der Waals surface area contributed by atoms with Crippen LogP contribution in [0.1, 0.15) is 58.9 Å². The third-order valence-electron chi connectivity index (χ3n) is 5.67. The Kier molecular flexibility index (Phi) is 13.2. The van der Waals surface area contributed by atoms with Gasteiger partial charge in [-0.1, -0.05) is 39.8 Å². The number of phenolic OH excluding ortho intramolecular Hbond substituents is 1. The fourth-order valence-electron chi connectivity index (χ4n) is 3.75. The number of carboxylic acids is 2. The molecule has 0 aliphatic rings. The Hall–Kier alpha value is -3.67. The zero-order valence-corrected chi connectivity index (χ0v) is 22.3. The Morgan fingerprint density at radius 1 is 0.763 bits per heavy atom. The van der Waals surface area contributed by atoms with Crippen LogP contribution >= 0.6 is 0 Å². The van der Waals surface area contributed by atoms with Gasteiger partial charge in [0, 0.05) is 12.8 Å². The molecule has 4 unspecified atom stereocenters. The molecule has 0 heterocycles. The Bertz CT molecular complexity index is 964. The van der Waals surface area contributed by atoms with Crippen LogP contribution in [0, 0.1) is 11.8 Å². The number of nitrogens with two attached hydrogens (primary N) is 1. The van der Waals surface area contributed by atoms with Crippen molar-refractivity contribution >= 4 is 29.7 Å². The molecule has 38 heavy (non-hydrogen) atoms. The van der Waals surface area contributed by atoms with Crippen molar-refractivity contribution in [2.24, 2.45) is 17.6 Å². The van der Waals surface area contributed by atoms with Crippen molar-refractivity contribution in [3.8, 4) is 5.75 Å². The molecule has 8 N–H and O–H groups in total. The van der Waals surface area contributed by atoms with Crippen LogP contribution in [0.4, 0.5) is 0 Å². The predicted octanol–water partition coefficient (Wildman–Crippen LogP) is 0.758. The highest BCUT2D eigenvalue weighted by Crippen LogP contribution is 2.13. The van der Waals surface area contributed by atoms with Crippen LogP contribution in [-0.2, 0) is 30.4 Å². The number of nitrogens with one attached hydrogen (secondary N) is 3. The molecule has 0 aliphatic heterocycles. The molecular formula is C26H40N4O8. The van der Waals surface area contributed by atoms with Crippen molar-refractivity contribution in [2.75, 3.05) is 0 Å². The number of aromatic hydroxyl groups is 1. The summed E-state index contributed by atoms with van der Waals surface area (Å²) in [7, 11) is 0. The number of amides is 3. The molecule has 0 saturated heterocycles. The summed E-state index contributed by atoms with van der Waals surface area (Å²) in [4.78, 5) is 61.6. The number of aliphatic carboxylic acids is 2. The second-order valence-corrected chi connectivity index (χ2v) is 10.2. The fraction of sp³-hybridized carbons (Fsp3) is 0.577. The van der Waals surface area contributed by atoms with Crippen LogP contribution in [0.3, 0.4) is 0 Å². The van der Waals surface area contributed by atoms with E-state index in [-0.39, 0.29) is 36.8 Å². The number of carboxylic acid groups (broad SMARTS) is 2. The maximum absolute atomic E-state index is 13.1. The molecule has 0 spiro atoms. The molecule has 3 amide bonds. The average Bonchev–Trinajstić information content (AvgIpc) is 2.80. The van der Waals surface area contributed by atoms with Gasteiger partial charge < -0.3 is 37.0 Å². The largest absolute Gasteiger partial charge is 0.508 e. The van der Waals surface area contributed by atoms with Crippen molar-refractivity contribution in [2.45, 2.75) is 84.0 Å². The molecule has 212 valence electrons.